The van der Waals surface area contributed by atoms with Crippen LogP contribution < -0.4 is 0 Å². The van der Waals surface area contributed by atoms with Crippen LogP contribution in [0.4, 0.5) is 0 Å². The van der Waals surface area contributed by atoms with Gasteiger partial charge in [0.25, 0.3) is 0 Å². The smallest absolute Gasteiger partial charge is 0.173 e. The lowest BCUT2D eigenvalue weighted by atomic mass is 9.98. The van der Waals surface area contributed by atoms with Gasteiger partial charge in [-0.15, -0.1) is 16.4 Å². The second kappa shape index (κ2) is 8.10. The zero-order chi connectivity index (χ0) is 17.8. The van der Waals surface area contributed by atoms with Crippen LogP contribution >= 0.6 is 11.3 Å². The molecule has 4 rings (SSSR count). The van der Waals surface area contributed by atoms with Gasteiger partial charge in [0, 0.05) is 18.0 Å². The summed E-state index contributed by atoms with van der Waals surface area (Å²) in [5, 5.41) is 14.9. The van der Waals surface area contributed by atoms with Crippen molar-refractivity contribution in [1.82, 2.24) is 25.1 Å². The van der Waals surface area contributed by atoms with Gasteiger partial charge in [0.05, 0.1) is 0 Å². The van der Waals surface area contributed by atoms with Crippen molar-refractivity contribution in [2.45, 2.75) is 38.8 Å². The molecule has 2 atom stereocenters. The molecule has 1 aliphatic heterocycles. The van der Waals surface area contributed by atoms with Crippen molar-refractivity contribution < 1.29 is 0 Å². The second-order valence-corrected chi connectivity index (χ2v) is 8.14. The fourth-order valence-corrected chi connectivity index (χ4v) is 4.68. The van der Waals surface area contributed by atoms with Gasteiger partial charge in [-0.3, -0.25) is 4.90 Å². The number of thiophene rings is 1. The van der Waals surface area contributed by atoms with Crippen molar-refractivity contribution in [3.63, 3.8) is 0 Å². The van der Waals surface area contributed by atoms with Crippen molar-refractivity contribution in [2.24, 2.45) is 5.92 Å². The lowest BCUT2D eigenvalue weighted by Gasteiger charge is -2.36. The predicted octanol–water partition coefficient (Wildman–Crippen LogP) is 3.80. The van der Waals surface area contributed by atoms with E-state index < -0.39 is 0 Å². The normalized spacial score (nSPS) is 19.5. The van der Waals surface area contributed by atoms with Crippen LogP contribution in [0, 0.1) is 5.92 Å². The van der Waals surface area contributed by atoms with E-state index in [1.165, 1.54) is 23.3 Å². The fourth-order valence-electron chi connectivity index (χ4n) is 3.82. The molecule has 3 aromatic rings. The van der Waals surface area contributed by atoms with E-state index in [0.717, 1.165) is 37.8 Å². The van der Waals surface area contributed by atoms with Crippen LogP contribution in [0.1, 0.15) is 42.1 Å². The number of likely N-dealkylation sites (tertiary alicyclic amines) is 1. The number of hydrogen-bond acceptors (Lipinski definition) is 5. The van der Waals surface area contributed by atoms with E-state index in [-0.39, 0.29) is 6.04 Å². The summed E-state index contributed by atoms with van der Waals surface area (Å²) in [6, 6.07) is 15.0. The first-order chi connectivity index (χ1) is 12.8. The van der Waals surface area contributed by atoms with Crippen LogP contribution in [0.25, 0.3) is 0 Å². The number of piperidine rings is 1. The molecule has 0 spiro atoms. The molecule has 0 radical (unpaired) electrons. The Labute approximate surface area is 158 Å². The first-order valence-electron chi connectivity index (χ1n) is 9.38. The van der Waals surface area contributed by atoms with E-state index in [4.69, 9.17) is 0 Å². The Morgan fingerprint density at radius 3 is 2.85 bits per heavy atom. The highest BCUT2D eigenvalue weighted by Crippen LogP contribution is 2.33. The Morgan fingerprint density at radius 1 is 1.19 bits per heavy atom. The van der Waals surface area contributed by atoms with Crippen LogP contribution in [-0.2, 0) is 13.0 Å². The Hall–Kier alpha value is -2.05. The maximum atomic E-state index is 4.45. The summed E-state index contributed by atoms with van der Waals surface area (Å²) in [6.45, 7) is 5.36. The van der Waals surface area contributed by atoms with Crippen LogP contribution in [0.15, 0.2) is 47.8 Å². The third-order valence-corrected chi connectivity index (χ3v) is 6.05. The van der Waals surface area contributed by atoms with E-state index in [1.807, 2.05) is 4.68 Å². The van der Waals surface area contributed by atoms with Crippen LogP contribution in [-0.4, -0.2) is 38.2 Å². The predicted molar refractivity (Wildman–Crippen MR) is 104 cm³/mol. The molecular formula is C20H25N5S. The lowest BCUT2D eigenvalue weighted by Crippen LogP contribution is -2.38. The summed E-state index contributed by atoms with van der Waals surface area (Å²) in [4.78, 5) is 3.89. The van der Waals surface area contributed by atoms with Gasteiger partial charge >= 0.3 is 0 Å². The second-order valence-electron chi connectivity index (χ2n) is 7.16. The molecule has 0 aliphatic carbocycles. The van der Waals surface area contributed by atoms with Crippen LogP contribution in [0.3, 0.4) is 0 Å². The maximum Gasteiger partial charge on any atom is 0.173 e. The number of nitrogens with zero attached hydrogens (tertiary/aromatic N) is 5. The van der Waals surface area contributed by atoms with Gasteiger partial charge in [-0.25, -0.2) is 4.68 Å². The first kappa shape index (κ1) is 17.4. The summed E-state index contributed by atoms with van der Waals surface area (Å²) in [6.07, 6.45) is 3.49. The maximum absolute atomic E-state index is 4.45. The molecule has 136 valence electrons. The van der Waals surface area contributed by atoms with Crippen molar-refractivity contribution in [3.8, 4) is 0 Å². The molecule has 0 bridgehead atoms. The summed E-state index contributed by atoms with van der Waals surface area (Å²) < 4.78 is 2.00. The van der Waals surface area contributed by atoms with Gasteiger partial charge in [-0.1, -0.05) is 43.3 Å². The van der Waals surface area contributed by atoms with Gasteiger partial charge in [0.1, 0.15) is 6.04 Å². The zero-order valence-electron chi connectivity index (χ0n) is 15.2. The van der Waals surface area contributed by atoms with E-state index in [1.54, 1.807) is 11.3 Å². The highest BCUT2D eigenvalue weighted by atomic mass is 32.1. The Bertz CT molecular complexity index is 799. The van der Waals surface area contributed by atoms with Gasteiger partial charge in [0.15, 0.2) is 5.82 Å². The standard InChI is InChI=1S/C20H25N5S/c1-16-7-5-12-24(15-16)19(18-10-6-14-26-18)20-21-22-23-25(20)13-11-17-8-3-2-4-9-17/h2-4,6,8-10,14,16,19H,5,7,11-13,15H2,1H3/t16-,19-/m1/s1. The zero-order valence-corrected chi connectivity index (χ0v) is 16.0. The number of benzene rings is 1. The number of aromatic nitrogens is 4. The van der Waals surface area contributed by atoms with E-state index >= 15 is 0 Å². The molecule has 0 unspecified atom stereocenters. The monoisotopic (exact) mass is 367 g/mol. The highest BCUT2D eigenvalue weighted by Gasteiger charge is 2.31. The molecule has 2 aromatic heterocycles. The number of rotatable bonds is 6. The molecule has 26 heavy (non-hydrogen) atoms. The van der Waals surface area contributed by atoms with Crippen molar-refractivity contribution in [2.75, 3.05) is 13.1 Å². The summed E-state index contributed by atoms with van der Waals surface area (Å²) in [5.41, 5.74) is 1.31. The third kappa shape index (κ3) is 3.86. The van der Waals surface area contributed by atoms with Gasteiger partial charge < -0.3 is 0 Å². The largest absolute Gasteiger partial charge is 0.289 e. The molecule has 5 nitrogen and oxygen atoms in total. The molecule has 1 aliphatic rings. The van der Waals surface area contributed by atoms with E-state index in [2.05, 4.69) is 75.2 Å². The topological polar surface area (TPSA) is 46.8 Å². The minimum absolute atomic E-state index is 0.156. The van der Waals surface area contributed by atoms with Crippen molar-refractivity contribution in [3.05, 3.63) is 64.1 Å². The lowest BCUT2D eigenvalue weighted by molar-refractivity contribution is 0.143. The molecule has 0 amide bonds. The van der Waals surface area contributed by atoms with Gasteiger partial charge in [-0.05, 0) is 59.2 Å². The molecule has 1 fully saturated rings. The third-order valence-electron chi connectivity index (χ3n) is 5.13. The van der Waals surface area contributed by atoms with Gasteiger partial charge in [0.2, 0.25) is 0 Å². The average Bonchev–Trinajstić information content (AvgIpc) is 3.34. The Kier molecular flexibility index (Phi) is 5.41. The van der Waals surface area contributed by atoms with Gasteiger partial charge in [-0.2, -0.15) is 0 Å². The van der Waals surface area contributed by atoms with Crippen molar-refractivity contribution in [1.29, 1.82) is 0 Å². The molecule has 1 saturated heterocycles. The molecule has 1 aromatic carbocycles. The number of hydrogen-bond donors (Lipinski definition) is 0. The molecular weight excluding hydrogens is 342 g/mol. The molecule has 0 saturated carbocycles. The SMILES string of the molecule is C[C@@H]1CCCN([C@H](c2cccs2)c2nnnn2CCc2ccccc2)C1. The van der Waals surface area contributed by atoms with E-state index in [0.29, 0.717) is 0 Å². The number of tetrazole rings is 1. The molecule has 0 N–H and O–H groups in total. The molecule has 3 heterocycles. The Morgan fingerprint density at radius 2 is 2.08 bits per heavy atom. The average molecular weight is 368 g/mol. The summed E-state index contributed by atoms with van der Waals surface area (Å²) in [5.74, 6) is 1.69. The summed E-state index contributed by atoms with van der Waals surface area (Å²) in [7, 11) is 0. The number of aryl methyl sites for hydroxylation is 2. The van der Waals surface area contributed by atoms with Crippen LogP contribution in [0.5, 0.6) is 0 Å². The fraction of sp³-hybridized carbons (Fsp3) is 0.450. The van der Waals surface area contributed by atoms with Crippen molar-refractivity contribution >= 4 is 11.3 Å². The summed E-state index contributed by atoms with van der Waals surface area (Å²) >= 11 is 1.80. The quantitative estimate of drug-likeness (QED) is 0.665. The van der Waals surface area contributed by atoms with E-state index in [9.17, 15) is 0 Å². The molecule has 6 heteroatoms. The first-order valence-corrected chi connectivity index (χ1v) is 10.3. The highest BCUT2D eigenvalue weighted by molar-refractivity contribution is 7.10. The minimum atomic E-state index is 0.156. The Balaban J connectivity index is 1.59. The van der Waals surface area contributed by atoms with Crippen LogP contribution in [0.2, 0.25) is 0 Å². The minimum Gasteiger partial charge on any atom is -0.289 e.